The minimum Gasteiger partial charge on any atom is -0.496 e. The lowest BCUT2D eigenvalue weighted by Crippen LogP contribution is -2.26. The third-order valence-corrected chi connectivity index (χ3v) is 3.74. The Bertz CT molecular complexity index is 679. The van der Waals surface area contributed by atoms with Gasteiger partial charge in [-0.25, -0.2) is 8.78 Å². The zero-order valence-electron chi connectivity index (χ0n) is 12.5. The number of halogens is 2. The van der Waals surface area contributed by atoms with Crippen LogP contribution in [0.5, 0.6) is 5.75 Å². The first kappa shape index (κ1) is 15.4. The maximum Gasteiger partial charge on any atom is 0.165 e. The molecule has 0 aliphatic heterocycles. The predicted molar refractivity (Wildman–Crippen MR) is 77.5 cm³/mol. The zero-order valence-corrected chi connectivity index (χ0v) is 12.5. The van der Waals surface area contributed by atoms with E-state index in [1.807, 2.05) is 6.92 Å². The van der Waals surface area contributed by atoms with Gasteiger partial charge < -0.3 is 9.84 Å². The monoisotopic (exact) mass is 292 g/mol. The van der Waals surface area contributed by atoms with Crippen LogP contribution in [-0.4, -0.2) is 12.2 Å². The van der Waals surface area contributed by atoms with E-state index in [1.54, 1.807) is 26.2 Å². The van der Waals surface area contributed by atoms with Crippen LogP contribution >= 0.6 is 0 Å². The Kier molecular flexibility index (Phi) is 4.01. The number of hydrogen-bond acceptors (Lipinski definition) is 2. The van der Waals surface area contributed by atoms with E-state index in [0.29, 0.717) is 11.3 Å². The predicted octanol–water partition coefficient (Wildman–Crippen LogP) is 3.85. The molecule has 0 saturated carbocycles. The molecular weight excluding hydrogens is 274 g/mol. The van der Waals surface area contributed by atoms with Crippen LogP contribution in [0.4, 0.5) is 8.78 Å². The molecule has 0 spiro atoms. The minimum absolute atomic E-state index is 0.0878. The molecule has 21 heavy (non-hydrogen) atoms. The van der Waals surface area contributed by atoms with Crippen molar-refractivity contribution < 1.29 is 18.6 Å². The summed E-state index contributed by atoms with van der Waals surface area (Å²) in [6.45, 7) is 5.09. The van der Waals surface area contributed by atoms with Crippen LogP contribution in [-0.2, 0) is 5.60 Å². The Balaban J connectivity index is 2.64. The van der Waals surface area contributed by atoms with Crippen LogP contribution in [0.2, 0.25) is 0 Å². The van der Waals surface area contributed by atoms with E-state index < -0.39 is 17.2 Å². The lowest BCUT2D eigenvalue weighted by molar-refractivity contribution is 0.0962. The van der Waals surface area contributed by atoms with Crippen molar-refractivity contribution >= 4 is 0 Å². The molecule has 0 saturated heterocycles. The first-order valence-electron chi connectivity index (χ1n) is 6.61. The Hall–Kier alpha value is -1.94. The van der Waals surface area contributed by atoms with E-state index in [0.717, 1.165) is 17.2 Å². The number of hydrogen-bond donors (Lipinski definition) is 1. The SMILES string of the molecule is COc1cc(C)c(C(C)(O)c2cccc(F)c2F)cc1C. The first-order valence-corrected chi connectivity index (χ1v) is 6.61. The van der Waals surface area contributed by atoms with Crippen molar-refractivity contribution in [1.29, 1.82) is 0 Å². The van der Waals surface area contributed by atoms with Gasteiger partial charge in [-0.1, -0.05) is 12.1 Å². The average molecular weight is 292 g/mol. The summed E-state index contributed by atoms with van der Waals surface area (Å²) in [5, 5.41) is 10.8. The number of benzene rings is 2. The number of rotatable bonds is 3. The van der Waals surface area contributed by atoms with Gasteiger partial charge in [-0.15, -0.1) is 0 Å². The van der Waals surface area contributed by atoms with Crippen LogP contribution in [0.1, 0.15) is 29.2 Å². The second-order valence-corrected chi connectivity index (χ2v) is 5.31. The Morgan fingerprint density at radius 2 is 1.71 bits per heavy atom. The molecule has 0 aliphatic carbocycles. The van der Waals surface area contributed by atoms with Gasteiger partial charge in [-0.2, -0.15) is 0 Å². The van der Waals surface area contributed by atoms with E-state index in [2.05, 4.69) is 0 Å². The summed E-state index contributed by atoms with van der Waals surface area (Å²) >= 11 is 0. The van der Waals surface area contributed by atoms with Crippen molar-refractivity contribution in [3.8, 4) is 5.75 Å². The first-order chi connectivity index (χ1) is 9.78. The lowest BCUT2D eigenvalue weighted by atomic mass is 9.84. The molecule has 0 heterocycles. The molecule has 2 nitrogen and oxygen atoms in total. The third kappa shape index (κ3) is 2.63. The van der Waals surface area contributed by atoms with Gasteiger partial charge in [0, 0.05) is 5.56 Å². The van der Waals surface area contributed by atoms with Crippen molar-refractivity contribution in [3.63, 3.8) is 0 Å². The van der Waals surface area contributed by atoms with Gasteiger partial charge in [-0.05, 0) is 55.7 Å². The van der Waals surface area contributed by atoms with Gasteiger partial charge in [0.25, 0.3) is 0 Å². The van der Waals surface area contributed by atoms with Crippen LogP contribution < -0.4 is 4.74 Å². The normalized spacial score (nSPS) is 13.9. The van der Waals surface area contributed by atoms with E-state index in [-0.39, 0.29) is 5.56 Å². The topological polar surface area (TPSA) is 29.5 Å². The van der Waals surface area contributed by atoms with Gasteiger partial charge in [0.05, 0.1) is 7.11 Å². The maximum absolute atomic E-state index is 14.0. The fraction of sp³-hybridized carbons (Fsp3) is 0.294. The fourth-order valence-electron chi connectivity index (χ4n) is 2.56. The van der Waals surface area contributed by atoms with Crippen molar-refractivity contribution in [2.24, 2.45) is 0 Å². The molecule has 1 N–H and O–H groups in total. The van der Waals surface area contributed by atoms with Crippen LogP contribution in [0.15, 0.2) is 30.3 Å². The highest BCUT2D eigenvalue weighted by atomic mass is 19.2. The largest absolute Gasteiger partial charge is 0.496 e. The Morgan fingerprint density at radius 1 is 1.05 bits per heavy atom. The maximum atomic E-state index is 14.0. The Labute approximate surface area is 123 Å². The van der Waals surface area contributed by atoms with Gasteiger partial charge in [0.2, 0.25) is 0 Å². The molecule has 0 radical (unpaired) electrons. The van der Waals surface area contributed by atoms with Gasteiger partial charge >= 0.3 is 0 Å². The molecule has 2 rings (SSSR count). The van der Waals surface area contributed by atoms with E-state index in [9.17, 15) is 13.9 Å². The molecule has 1 unspecified atom stereocenters. The van der Waals surface area contributed by atoms with E-state index in [1.165, 1.54) is 19.1 Å². The molecule has 0 aliphatic rings. The van der Waals surface area contributed by atoms with Crippen molar-refractivity contribution in [3.05, 3.63) is 64.2 Å². The quantitative estimate of drug-likeness (QED) is 0.931. The van der Waals surface area contributed by atoms with Crippen LogP contribution in [0.25, 0.3) is 0 Å². The molecular formula is C17H18F2O2. The van der Waals surface area contributed by atoms with Crippen LogP contribution in [0.3, 0.4) is 0 Å². The summed E-state index contributed by atoms with van der Waals surface area (Å²) in [6.07, 6.45) is 0. The minimum atomic E-state index is -1.63. The molecule has 112 valence electrons. The molecule has 0 amide bonds. The summed E-state index contributed by atoms with van der Waals surface area (Å²) in [5.74, 6) is -1.32. The zero-order chi connectivity index (χ0) is 15.8. The van der Waals surface area contributed by atoms with Gasteiger partial charge in [0.1, 0.15) is 11.4 Å². The highest BCUT2D eigenvalue weighted by molar-refractivity contribution is 5.47. The van der Waals surface area contributed by atoms with E-state index >= 15 is 0 Å². The Morgan fingerprint density at radius 3 is 2.33 bits per heavy atom. The molecule has 2 aromatic rings. The summed E-state index contributed by atoms with van der Waals surface area (Å²) in [4.78, 5) is 0. The summed E-state index contributed by atoms with van der Waals surface area (Å²) in [6, 6.07) is 7.31. The third-order valence-electron chi connectivity index (χ3n) is 3.74. The van der Waals surface area contributed by atoms with Crippen molar-refractivity contribution in [2.45, 2.75) is 26.4 Å². The summed E-state index contributed by atoms with van der Waals surface area (Å²) in [5.41, 5.74) is 0.356. The lowest BCUT2D eigenvalue weighted by Gasteiger charge is -2.27. The number of aliphatic hydroxyl groups is 1. The van der Waals surface area contributed by atoms with E-state index in [4.69, 9.17) is 4.74 Å². The number of methoxy groups -OCH3 is 1. The molecule has 1 atom stereocenters. The fourth-order valence-corrected chi connectivity index (χ4v) is 2.56. The van der Waals surface area contributed by atoms with Crippen LogP contribution in [0, 0.1) is 25.5 Å². The molecule has 0 fully saturated rings. The molecule has 0 aromatic heterocycles. The highest BCUT2D eigenvalue weighted by Gasteiger charge is 2.32. The molecule has 2 aromatic carbocycles. The van der Waals surface area contributed by atoms with Crippen molar-refractivity contribution in [1.82, 2.24) is 0 Å². The van der Waals surface area contributed by atoms with Crippen molar-refractivity contribution in [2.75, 3.05) is 7.11 Å². The smallest absolute Gasteiger partial charge is 0.165 e. The molecule has 0 bridgehead atoms. The second kappa shape index (κ2) is 5.45. The summed E-state index contributed by atoms with van der Waals surface area (Å²) < 4.78 is 32.6. The van der Waals surface area contributed by atoms with Gasteiger partial charge in [0.15, 0.2) is 11.6 Å². The average Bonchev–Trinajstić information content (AvgIpc) is 2.43. The standard InChI is InChI=1S/C17H18F2O2/c1-10-9-15(21-4)11(2)8-13(10)17(3,20)12-6-5-7-14(18)16(12)19/h5-9,20H,1-4H3. The highest BCUT2D eigenvalue weighted by Crippen LogP contribution is 2.36. The second-order valence-electron chi connectivity index (χ2n) is 5.31. The summed E-state index contributed by atoms with van der Waals surface area (Å²) in [7, 11) is 1.56. The number of ether oxygens (including phenoxy) is 1. The number of aryl methyl sites for hydroxylation is 2. The van der Waals surface area contributed by atoms with Gasteiger partial charge in [-0.3, -0.25) is 0 Å². The molecule has 4 heteroatoms.